The van der Waals surface area contributed by atoms with Gasteiger partial charge >= 0.3 is 5.97 Å². The van der Waals surface area contributed by atoms with E-state index >= 15 is 0 Å². The van der Waals surface area contributed by atoms with E-state index in [0.717, 1.165) is 17.5 Å². The Morgan fingerprint density at radius 1 is 1.44 bits per heavy atom. The fraction of sp³-hybridized carbons (Fsp3) is 0.267. The molecule has 94 valence electrons. The van der Waals surface area contributed by atoms with Crippen molar-refractivity contribution in [1.29, 1.82) is 0 Å². The topological polar surface area (TPSA) is 46.5 Å². The molecule has 0 bridgehead atoms. The van der Waals surface area contributed by atoms with E-state index in [1.54, 1.807) is 6.92 Å². The predicted octanol–water partition coefficient (Wildman–Crippen LogP) is 2.85. The van der Waals surface area contributed by atoms with Gasteiger partial charge in [-0.25, -0.2) is 4.79 Å². The Kier molecular flexibility index (Phi) is 3.51. The average Bonchev–Trinajstić information content (AvgIpc) is 2.35. The van der Waals surface area contributed by atoms with Gasteiger partial charge in [-0.2, -0.15) is 0 Å². The van der Waals surface area contributed by atoms with Crippen molar-refractivity contribution in [1.82, 2.24) is 0 Å². The largest absolute Gasteiger partial charge is 0.512 e. The smallest absolute Gasteiger partial charge is 0.333 e. The molecule has 1 N–H and O–H groups in total. The van der Waals surface area contributed by atoms with Gasteiger partial charge in [0.15, 0.2) is 0 Å². The lowest BCUT2D eigenvalue weighted by Gasteiger charge is -2.15. The van der Waals surface area contributed by atoms with Crippen LogP contribution in [0.3, 0.4) is 0 Å². The summed E-state index contributed by atoms with van der Waals surface area (Å²) in [6.45, 7) is 5.42. The Bertz CT molecular complexity index is 527. The summed E-state index contributed by atoms with van der Waals surface area (Å²) in [4.78, 5) is 11.3. The minimum atomic E-state index is -0.370. The number of carbonyl (C=O) groups is 1. The standard InChI is InChI=1S/C15H16O3/c1-10(2)15(17)18-9-11-3-4-13-8-14(16)6-5-12(13)7-11/h3-4,6-7,16H,1,5,8-9H2,2H3. The Morgan fingerprint density at radius 2 is 2.22 bits per heavy atom. The van der Waals surface area contributed by atoms with Gasteiger partial charge < -0.3 is 9.84 Å². The molecule has 1 aliphatic rings. The van der Waals surface area contributed by atoms with Gasteiger partial charge in [0.25, 0.3) is 0 Å². The molecule has 0 unspecified atom stereocenters. The summed E-state index contributed by atoms with van der Waals surface area (Å²) in [6.07, 6.45) is 3.12. The molecule has 18 heavy (non-hydrogen) atoms. The Morgan fingerprint density at radius 3 is 2.94 bits per heavy atom. The molecule has 0 fully saturated rings. The summed E-state index contributed by atoms with van der Waals surface area (Å²) in [5, 5.41) is 9.44. The third kappa shape index (κ3) is 2.80. The number of aliphatic hydroxyl groups excluding tert-OH is 1. The first-order chi connectivity index (χ1) is 8.56. The van der Waals surface area contributed by atoms with Crippen LogP contribution in [0.2, 0.25) is 0 Å². The minimum Gasteiger partial charge on any atom is -0.512 e. The summed E-state index contributed by atoms with van der Waals surface area (Å²) < 4.78 is 5.10. The first kappa shape index (κ1) is 12.4. The highest BCUT2D eigenvalue weighted by molar-refractivity contribution is 5.86. The van der Waals surface area contributed by atoms with Gasteiger partial charge in [0, 0.05) is 12.0 Å². The second kappa shape index (κ2) is 5.08. The molecule has 2 rings (SSSR count). The molecule has 1 aromatic rings. The maximum Gasteiger partial charge on any atom is 0.333 e. The summed E-state index contributed by atoms with van der Waals surface area (Å²) in [6, 6.07) is 5.91. The lowest BCUT2D eigenvalue weighted by molar-refractivity contribution is -0.140. The number of benzene rings is 1. The lowest BCUT2D eigenvalue weighted by atomic mass is 9.94. The molecule has 0 atom stereocenters. The molecule has 0 aromatic heterocycles. The third-order valence-electron chi connectivity index (χ3n) is 2.92. The van der Waals surface area contributed by atoms with Crippen molar-refractivity contribution in [3.63, 3.8) is 0 Å². The van der Waals surface area contributed by atoms with E-state index in [2.05, 4.69) is 6.58 Å². The van der Waals surface area contributed by atoms with E-state index in [1.165, 1.54) is 5.56 Å². The van der Waals surface area contributed by atoms with Crippen LogP contribution in [0.25, 0.3) is 0 Å². The van der Waals surface area contributed by atoms with E-state index in [0.29, 0.717) is 17.8 Å². The minimum absolute atomic E-state index is 0.259. The van der Waals surface area contributed by atoms with Gasteiger partial charge in [-0.3, -0.25) is 0 Å². The Balaban J connectivity index is 2.05. The third-order valence-corrected chi connectivity index (χ3v) is 2.92. The molecular weight excluding hydrogens is 228 g/mol. The number of allylic oxidation sites excluding steroid dienone is 2. The van der Waals surface area contributed by atoms with Crippen LogP contribution in [0.1, 0.15) is 23.6 Å². The number of hydrogen-bond donors (Lipinski definition) is 1. The van der Waals surface area contributed by atoms with Gasteiger partial charge in [0.05, 0.1) is 5.76 Å². The van der Waals surface area contributed by atoms with Gasteiger partial charge in [0.2, 0.25) is 0 Å². The normalized spacial score (nSPS) is 13.5. The average molecular weight is 244 g/mol. The highest BCUT2D eigenvalue weighted by Crippen LogP contribution is 2.21. The van der Waals surface area contributed by atoms with Crippen molar-refractivity contribution in [2.24, 2.45) is 0 Å². The molecule has 1 aromatic carbocycles. The number of fused-ring (bicyclic) bond motifs is 1. The molecule has 0 saturated heterocycles. The van der Waals surface area contributed by atoms with E-state index < -0.39 is 0 Å². The van der Waals surface area contributed by atoms with Crippen LogP contribution in [0.15, 0.2) is 42.2 Å². The molecule has 0 radical (unpaired) electrons. The van der Waals surface area contributed by atoms with Gasteiger partial charge in [-0.05, 0) is 36.1 Å². The fourth-order valence-electron chi connectivity index (χ4n) is 1.90. The molecule has 1 aliphatic carbocycles. The first-order valence-corrected chi connectivity index (χ1v) is 5.87. The maximum atomic E-state index is 11.3. The number of aliphatic hydroxyl groups is 1. The van der Waals surface area contributed by atoms with E-state index in [-0.39, 0.29) is 12.6 Å². The van der Waals surface area contributed by atoms with Crippen molar-refractivity contribution in [3.05, 3.63) is 58.9 Å². The van der Waals surface area contributed by atoms with Crippen molar-refractivity contribution >= 4 is 5.97 Å². The molecular formula is C15H16O3. The summed E-state index contributed by atoms with van der Waals surface area (Å²) in [5.41, 5.74) is 3.67. The molecule has 3 nitrogen and oxygen atoms in total. The zero-order valence-corrected chi connectivity index (χ0v) is 10.4. The van der Waals surface area contributed by atoms with Crippen LogP contribution in [-0.4, -0.2) is 11.1 Å². The van der Waals surface area contributed by atoms with Crippen LogP contribution in [0.4, 0.5) is 0 Å². The van der Waals surface area contributed by atoms with Crippen LogP contribution < -0.4 is 0 Å². The molecule has 0 heterocycles. The fourth-order valence-corrected chi connectivity index (χ4v) is 1.90. The van der Waals surface area contributed by atoms with Crippen molar-refractivity contribution in [3.8, 4) is 0 Å². The van der Waals surface area contributed by atoms with Gasteiger partial charge in [-0.1, -0.05) is 24.8 Å². The van der Waals surface area contributed by atoms with Crippen molar-refractivity contribution in [2.45, 2.75) is 26.4 Å². The number of carbonyl (C=O) groups excluding carboxylic acids is 1. The van der Waals surface area contributed by atoms with Crippen molar-refractivity contribution < 1.29 is 14.6 Å². The molecule has 0 saturated carbocycles. The SMILES string of the molecule is C=C(C)C(=O)OCc1ccc2c(c1)CC=C(O)C2. The van der Waals surface area contributed by atoms with Crippen LogP contribution >= 0.6 is 0 Å². The number of ether oxygens (including phenoxy) is 1. The highest BCUT2D eigenvalue weighted by atomic mass is 16.5. The number of esters is 1. The van der Waals surface area contributed by atoms with Crippen LogP contribution in [0, 0.1) is 0 Å². The van der Waals surface area contributed by atoms with Crippen LogP contribution in [0.5, 0.6) is 0 Å². The van der Waals surface area contributed by atoms with Gasteiger partial charge in [-0.15, -0.1) is 0 Å². The van der Waals surface area contributed by atoms with E-state index in [4.69, 9.17) is 4.74 Å². The van der Waals surface area contributed by atoms with E-state index in [9.17, 15) is 9.90 Å². The maximum absolute atomic E-state index is 11.3. The van der Waals surface area contributed by atoms with Gasteiger partial charge in [0.1, 0.15) is 6.61 Å². The number of rotatable bonds is 3. The van der Waals surface area contributed by atoms with Crippen LogP contribution in [-0.2, 0) is 29.0 Å². The Hall–Kier alpha value is -2.03. The first-order valence-electron chi connectivity index (χ1n) is 5.87. The van der Waals surface area contributed by atoms with E-state index in [1.807, 2.05) is 24.3 Å². The number of hydrogen-bond acceptors (Lipinski definition) is 3. The Labute approximate surface area is 106 Å². The highest BCUT2D eigenvalue weighted by Gasteiger charge is 2.11. The molecule has 0 spiro atoms. The molecule has 0 aliphatic heterocycles. The zero-order chi connectivity index (χ0) is 13.1. The van der Waals surface area contributed by atoms with Crippen molar-refractivity contribution in [2.75, 3.05) is 0 Å². The summed E-state index contributed by atoms with van der Waals surface area (Å²) >= 11 is 0. The molecule has 3 heteroatoms. The second-order valence-electron chi connectivity index (χ2n) is 4.54. The molecule has 0 amide bonds. The quantitative estimate of drug-likeness (QED) is 0.657. The summed E-state index contributed by atoms with van der Waals surface area (Å²) in [5.74, 6) is 0.0502. The lowest BCUT2D eigenvalue weighted by Crippen LogP contribution is -2.07. The monoisotopic (exact) mass is 244 g/mol. The zero-order valence-electron chi connectivity index (χ0n) is 10.4. The summed E-state index contributed by atoms with van der Waals surface area (Å²) in [7, 11) is 0. The second-order valence-corrected chi connectivity index (χ2v) is 4.54. The predicted molar refractivity (Wildman–Crippen MR) is 69.2 cm³/mol.